The molecule has 0 aliphatic heterocycles. The van der Waals surface area contributed by atoms with Gasteiger partial charge >= 0.3 is 6.18 Å². The monoisotopic (exact) mass is 277 g/mol. The average molecular weight is 278 g/mol. The van der Waals surface area contributed by atoms with E-state index in [1.807, 2.05) is 5.43 Å². The number of hydrazone groups is 1. The summed E-state index contributed by atoms with van der Waals surface area (Å²) < 4.78 is 38.0. The maximum atomic E-state index is 12.7. The Kier molecular flexibility index (Phi) is 4.72. The van der Waals surface area contributed by atoms with E-state index in [4.69, 9.17) is 11.6 Å². The van der Waals surface area contributed by atoms with Crippen LogP contribution in [0.3, 0.4) is 0 Å². The van der Waals surface area contributed by atoms with Crippen molar-refractivity contribution in [1.29, 1.82) is 0 Å². The first kappa shape index (κ1) is 14.5. The Morgan fingerprint density at radius 2 is 1.94 bits per heavy atom. The summed E-state index contributed by atoms with van der Waals surface area (Å²) in [6, 6.07) is 5.82. The standard InChI is InChI=1S/C11H11ClF3N3/c1-7(2)17-18-10(11(13,14)15)16-9-5-3-4-8(12)6-9/h3-6H,1-2H3,(H,16,18). The first-order chi connectivity index (χ1) is 8.29. The molecule has 3 nitrogen and oxygen atoms in total. The van der Waals surface area contributed by atoms with E-state index < -0.39 is 12.0 Å². The van der Waals surface area contributed by atoms with Gasteiger partial charge < -0.3 is 0 Å². The van der Waals surface area contributed by atoms with Gasteiger partial charge in [0.25, 0.3) is 0 Å². The smallest absolute Gasteiger partial charge is 0.257 e. The zero-order chi connectivity index (χ0) is 13.8. The summed E-state index contributed by atoms with van der Waals surface area (Å²) >= 11 is 5.67. The highest BCUT2D eigenvalue weighted by atomic mass is 35.5. The van der Waals surface area contributed by atoms with Crippen LogP contribution in [0, 0.1) is 0 Å². The molecular weight excluding hydrogens is 267 g/mol. The maximum absolute atomic E-state index is 12.7. The van der Waals surface area contributed by atoms with Gasteiger partial charge in [-0.25, -0.2) is 4.99 Å². The molecule has 0 amide bonds. The third-order valence-corrected chi connectivity index (χ3v) is 1.94. The number of hydrogen-bond acceptors (Lipinski definition) is 2. The molecule has 0 fully saturated rings. The van der Waals surface area contributed by atoms with Crippen molar-refractivity contribution in [1.82, 2.24) is 5.43 Å². The lowest BCUT2D eigenvalue weighted by Gasteiger charge is -2.09. The van der Waals surface area contributed by atoms with Gasteiger partial charge in [0.2, 0.25) is 5.84 Å². The third kappa shape index (κ3) is 4.75. The Balaban J connectivity index is 3.07. The molecule has 0 aliphatic carbocycles. The Bertz CT molecular complexity index is 477. The molecule has 98 valence electrons. The Hall–Kier alpha value is -1.56. The molecule has 0 aromatic heterocycles. The van der Waals surface area contributed by atoms with Crippen LogP contribution in [0.1, 0.15) is 13.8 Å². The summed E-state index contributed by atoms with van der Waals surface area (Å²) in [5, 5.41) is 3.81. The van der Waals surface area contributed by atoms with Gasteiger partial charge in [0.05, 0.1) is 5.69 Å². The van der Waals surface area contributed by atoms with E-state index in [2.05, 4.69) is 10.1 Å². The summed E-state index contributed by atoms with van der Waals surface area (Å²) in [6.07, 6.45) is -4.61. The van der Waals surface area contributed by atoms with Crippen molar-refractivity contribution in [3.05, 3.63) is 29.3 Å². The number of aliphatic imine (C=N–C) groups is 1. The van der Waals surface area contributed by atoms with Crippen molar-refractivity contribution in [2.24, 2.45) is 10.1 Å². The molecule has 0 spiro atoms. The molecule has 1 aromatic carbocycles. The molecule has 7 heteroatoms. The fourth-order valence-electron chi connectivity index (χ4n) is 0.991. The first-order valence-electron chi connectivity index (χ1n) is 4.97. The first-order valence-corrected chi connectivity index (χ1v) is 5.35. The predicted octanol–water partition coefficient (Wildman–Crippen LogP) is 3.92. The SMILES string of the molecule is CC(C)=NNC(=Nc1cccc(Cl)c1)C(F)(F)F. The number of nitrogens with one attached hydrogen (secondary N) is 1. The lowest BCUT2D eigenvalue weighted by atomic mass is 10.3. The topological polar surface area (TPSA) is 36.8 Å². The molecule has 0 saturated heterocycles. The van der Waals surface area contributed by atoms with Gasteiger partial charge in [-0.2, -0.15) is 18.3 Å². The number of benzene rings is 1. The van der Waals surface area contributed by atoms with Crippen molar-refractivity contribution >= 4 is 28.8 Å². The van der Waals surface area contributed by atoms with Gasteiger partial charge in [0.15, 0.2) is 0 Å². The zero-order valence-electron chi connectivity index (χ0n) is 9.72. The van der Waals surface area contributed by atoms with E-state index in [-0.39, 0.29) is 5.69 Å². The molecule has 0 bridgehead atoms. The molecule has 0 aliphatic rings. The van der Waals surface area contributed by atoms with Crippen LogP contribution < -0.4 is 5.43 Å². The van der Waals surface area contributed by atoms with Crippen molar-refractivity contribution in [2.45, 2.75) is 20.0 Å². The van der Waals surface area contributed by atoms with Crippen LogP contribution in [0.5, 0.6) is 0 Å². The van der Waals surface area contributed by atoms with Gasteiger partial charge in [0, 0.05) is 10.7 Å². The van der Waals surface area contributed by atoms with Crippen LogP contribution in [-0.2, 0) is 0 Å². The zero-order valence-corrected chi connectivity index (χ0v) is 10.5. The molecule has 0 unspecified atom stereocenters. The van der Waals surface area contributed by atoms with Crippen LogP contribution in [0.15, 0.2) is 34.4 Å². The second kappa shape index (κ2) is 5.86. The number of hydrogen-bond donors (Lipinski definition) is 1. The maximum Gasteiger partial charge on any atom is 0.451 e. The summed E-state index contributed by atoms with van der Waals surface area (Å²) in [7, 11) is 0. The summed E-state index contributed by atoms with van der Waals surface area (Å²) in [4.78, 5) is 3.45. The summed E-state index contributed by atoms with van der Waals surface area (Å²) in [6.45, 7) is 3.14. The molecule has 0 saturated carbocycles. The average Bonchev–Trinajstić information content (AvgIpc) is 2.22. The van der Waals surface area contributed by atoms with Crippen molar-refractivity contribution in [3.63, 3.8) is 0 Å². The van der Waals surface area contributed by atoms with E-state index in [0.29, 0.717) is 10.7 Å². The van der Waals surface area contributed by atoms with Gasteiger partial charge in [-0.05, 0) is 32.0 Å². The number of nitrogens with zero attached hydrogens (tertiary/aromatic N) is 2. The minimum atomic E-state index is -4.61. The summed E-state index contributed by atoms with van der Waals surface area (Å²) in [5.41, 5.74) is 2.46. The lowest BCUT2D eigenvalue weighted by Crippen LogP contribution is -2.34. The van der Waals surface area contributed by atoms with Crippen LogP contribution in [0.25, 0.3) is 0 Å². The van der Waals surface area contributed by atoms with Gasteiger partial charge in [-0.15, -0.1) is 0 Å². The fraction of sp³-hybridized carbons (Fsp3) is 0.273. The van der Waals surface area contributed by atoms with Gasteiger partial charge in [-0.1, -0.05) is 17.7 Å². The molecule has 0 heterocycles. The van der Waals surface area contributed by atoms with Crippen LogP contribution in [0.2, 0.25) is 5.02 Å². The Morgan fingerprint density at radius 3 is 2.44 bits per heavy atom. The van der Waals surface area contributed by atoms with E-state index in [1.54, 1.807) is 19.9 Å². The highest BCUT2D eigenvalue weighted by Crippen LogP contribution is 2.22. The van der Waals surface area contributed by atoms with Crippen LogP contribution in [-0.4, -0.2) is 17.7 Å². The predicted molar refractivity (Wildman–Crippen MR) is 66.5 cm³/mol. The van der Waals surface area contributed by atoms with E-state index in [1.165, 1.54) is 18.2 Å². The van der Waals surface area contributed by atoms with Crippen LogP contribution >= 0.6 is 11.6 Å². The minimum Gasteiger partial charge on any atom is -0.257 e. The third-order valence-electron chi connectivity index (χ3n) is 1.70. The largest absolute Gasteiger partial charge is 0.451 e. The van der Waals surface area contributed by atoms with Crippen molar-refractivity contribution in [3.8, 4) is 0 Å². The second-order valence-corrected chi connectivity index (χ2v) is 4.05. The Labute approximate surface area is 107 Å². The highest BCUT2D eigenvalue weighted by Gasteiger charge is 2.36. The van der Waals surface area contributed by atoms with Gasteiger partial charge in [0.1, 0.15) is 0 Å². The number of alkyl halides is 3. The Morgan fingerprint density at radius 1 is 1.28 bits per heavy atom. The lowest BCUT2D eigenvalue weighted by molar-refractivity contribution is -0.0617. The van der Waals surface area contributed by atoms with Crippen molar-refractivity contribution < 1.29 is 13.2 Å². The summed E-state index contributed by atoms with van der Waals surface area (Å²) in [5.74, 6) is -1.19. The molecule has 0 radical (unpaired) electrons. The molecule has 1 aromatic rings. The molecule has 1 rings (SSSR count). The van der Waals surface area contributed by atoms with Crippen LogP contribution in [0.4, 0.5) is 18.9 Å². The highest BCUT2D eigenvalue weighted by molar-refractivity contribution is 6.30. The molecular formula is C11H11ClF3N3. The molecule has 0 atom stereocenters. The number of rotatable bonds is 2. The minimum absolute atomic E-state index is 0.103. The van der Waals surface area contributed by atoms with E-state index in [0.717, 1.165) is 0 Å². The van der Waals surface area contributed by atoms with E-state index >= 15 is 0 Å². The normalized spacial score (nSPS) is 12.2. The molecule has 1 N–H and O–H groups in total. The fourth-order valence-corrected chi connectivity index (χ4v) is 1.18. The van der Waals surface area contributed by atoms with Gasteiger partial charge in [-0.3, -0.25) is 5.43 Å². The molecule has 18 heavy (non-hydrogen) atoms. The second-order valence-electron chi connectivity index (χ2n) is 3.61. The van der Waals surface area contributed by atoms with Crippen molar-refractivity contribution in [2.75, 3.05) is 0 Å². The van der Waals surface area contributed by atoms with E-state index in [9.17, 15) is 13.2 Å². The quantitative estimate of drug-likeness (QED) is 0.496. The number of halogens is 4. The number of amidine groups is 1.